The molecule has 0 amide bonds. The molecule has 0 aliphatic rings. The van der Waals surface area contributed by atoms with Crippen LogP contribution in [0.15, 0.2) is 24.3 Å². The van der Waals surface area contributed by atoms with Crippen molar-refractivity contribution in [1.82, 2.24) is 0 Å². The van der Waals surface area contributed by atoms with Crippen LogP contribution < -0.4 is 11.4 Å². The highest BCUT2D eigenvalue weighted by molar-refractivity contribution is 6.59. The van der Waals surface area contributed by atoms with Crippen molar-refractivity contribution in [2.45, 2.75) is 103 Å². The summed E-state index contributed by atoms with van der Waals surface area (Å²) in [5.41, 5.74) is 1.61. The van der Waals surface area contributed by atoms with Gasteiger partial charge in [0.25, 0.3) is 0 Å². The molecule has 27 heavy (non-hydrogen) atoms. The first kappa shape index (κ1) is 24.2. The zero-order valence-corrected chi connectivity index (χ0v) is 17.2. The largest absolute Gasteiger partial charge is 0.508 e. The Kier molecular flexibility index (Phi) is 14.4. The molecule has 4 N–H and O–H groups in total. The van der Waals surface area contributed by atoms with Crippen molar-refractivity contribution in [1.29, 1.82) is 0 Å². The summed E-state index contributed by atoms with van der Waals surface area (Å²) >= 11 is 0. The Bertz CT molecular complexity index is 473. The van der Waals surface area contributed by atoms with Crippen LogP contribution in [0.5, 0.6) is 0 Å². The number of benzene rings is 1. The zero-order chi connectivity index (χ0) is 19.7. The van der Waals surface area contributed by atoms with Gasteiger partial charge in [-0.3, -0.25) is 0 Å². The van der Waals surface area contributed by atoms with Gasteiger partial charge in [-0.15, -0.1) is 0 Å². The van der Waals surface area contributed by atoms with Gasteiger partial charge in [0.1, 0.15) is 0 Å². The lowest BCUT2D eigenvalue weighted by Gasteiger charge is -2.12. The summed E-state index contributed by atoms with van der Waals surface area (Å²) < 4.78 is 4.44. The summed E-state index contributed by atoms with van der Waals surface area (Å²) in [6.45, 7) is 2.26. The van der Waals surface area contributed by atoms with Gasteiger partial charge in [0.2, 0.25) is 0 Å². The van der Waals surface area contributed by atoms with Gasteiger partial charge in [-0.25, -0.2) is 5.90 Å². The van der Waals surface area contributed by atoms with E-state index in [0.717, 1.165) is 18.4 Å². The van der Waals surface area contributed by atoms with Crippen molar-refractivity contribution in [3.05, 3.63) is 29.8 Å². The number of unbranched alkanes of at least 4 members (excludes halogenated alkanes) is 11. The molecule has 0 fully saturated rings. The maximum absolute atomic E-state index is 10.2. The molecule has 1 atom stereocenters. The highest BCUT2D eigenvalue weighted by Gasteiger charge is 2.16. The van der Waals surface area contributed by atoms with Crippen molar-refractivity contribution in [3.8, 4) is 0 Å². The Labute approximate surface area is 166 Å². The molecule has 0 spiro atoms. The molecule has 0 aliphatic heterocycles. The third kappa shape index (κ3) is 12.2. The molecule has 0 radical (unpaired) electrons. The molecule has 0 saturated carbocycles. The molecule has 4 nitrogen and oxygen atoms in total. The minimum absolute atomic E-state index is 0.334. The Balaban J connectivity index is 2.01. The molecule has 1 rings (SSSR count). The van der Waals surface area contributed by atoms with Gasteiger partial charge in [-0.1, -0.05) is 108 Å². The van der Waals surface area contributed by atoms with E-state index in [1.165, 1.54) is 70.6 Å². The predicted octanol–water partition coefficient (Wildman–Crippen LogP) is 4.26. The fourth-order valence-corrected chi connectivity index (χ4v) is 3.55. The number of rotatable bonds is 17. The molecule has 1 aromatic rings. The molecule has 154 valence electrons. The molecule has 5 heteroatoms. The van der Waals surface area contributed by atoms with Crippen LogP contribution in [-0.2, 0) is 11.2 Å². The topological polar surface area (TPSA) is 75.7 Å². The number of hydrogen-bond acceptors (Lipinski definition) is 4. The van der Waals surface area contributed by atoms with Gasteiger partial charge in [0.05, 0.1) is 6.10 Å². The SMILES string of the molecule is CCCCCCCCCCCCCCC(O)Cc1cccc(B(O)ON)c1. The standard InChI is InChI=1S/C22H40BNO3/c1-2-3-4-5-6-7-8-9-10-11-12-13-17-22(25)19-20-15-14-16-21(18-20)23(26)27-24/h14-16,18,22,25-26H,2-13,17,19,24H2,1H3. The molecule has 0 heterocycles. The molecule has 0 bridgehead atoms. The minimum atomic E-state index is -1.11. The van der Waals surface area contributed by atoms with Gasteiger partial charge in [-0.05, 0) is 23.9 Å². The molecular formula is C22H40BNO3. The lowest BCUT2D eigenvalue weighted by molar-refractivity contribution is 0.161. The summed E-state index contributed by atoms with van der Waals surface area (Å²) in [6, 6.07) is 7.41. The molecule has 0 saturated heterocycles. The normalized spacial score (nSPS) is 12.3. The summed E-state index contributed by atoms with van der Waals surface area (Å²) in [4.78, 5) is 0. The summed E-state index contributed by atoms with van der Waals surface area (Å²) in [7, 11) is -1.11. The Morgan fingerprint density at radius 1 is 0.926 bits per heavy atom. The molecular weight excluding hydrogens is 337 g/mol. The predicted molar refractivity (Wildman–Crippen MR) is 115 cm³/mol. The zero-order valence-electron chi connectivity index (χ0n) is 17.2. The maximum atomic E-state index is 10.2. The molecule has 1 aromatic carbocycles. The van der Waals surface area contributed by atoms with Crippen LogP contribution in [0.4, 0.5) is 0 Å². The second-order valence-electron chi connectivity index (χ2n) is 7.77. The van der Waals surface area contributed by atoms with Crippen molar-refractivity contribution in [2.75, 3.05) is 0 Å². The Morgan fingerprint density at radius 2 is 1.48 bits per heavy atom. The highest BCUT2D eigenvalue weighted by Crippen LogP contribution is 2.14. The van der Waals surface area contributed by atoms with E-state index in [1.807, 2.05) is 18.2 Å². The van der Waals surface area contributed by atoms with E-state index >= 15 is 0 Å². The van der Waals surface area contributed by atoms with Crippen LogP contribution in [0, 0.1) is 0 Å². The average molecular weight is 377 g/mol. The highest BCUT2D eigenvalue weighted by atomic mass is 16.6. The van der Waals surface area contributed by atoms with Crippen LogP contribution in [-0.4, -0.2) is 23.4 Å². The van der Waals surface area contributed by atoms with E-state index in [1.54, 1.807) is 6.07 Å². The third-order valence-electron chi connectivity index (χ3n) is 5.23. The molecule has 0 aliphatic carbocycles. The summed E-state index contributed by atoms with van der Waals surface area (Å²) in [6.07, 6.45) is 17.0. The van der Waals surface area contributed by atoms with E-state index in [-0.39, 0.29) is 6.10 Å². The van der Waals surface area contributed by atoms with Gasteiger partial charge < -0.3 is 14.9 Å². The number of aliphatic hydroxyl groups excluding tert-OH is 1. The van der Waals surface area contributed by atoms with Crippen molar-refractivity contribution in [3.63, 3.8) is 0 Å². The Morgan fingerprint density at radius 3 is 2.04 bits per heavy atom. The van der Waals surface area contributed by atoms with Gasteiger partial charge in [0.15, 0.2) is 0 Å². The minimum Gasteiger partial charge on any atom is -0.422 e. The van der Waals surface area contributed by atoms with Crippen molar-refractivity contribution < 1.29 is 14.9 Å². The van der Waals surface area contributed by atoms with E-state index in [0.29, 0.717) is 11.9 Å². The second kappa shape index (κ2) is 16.1. The van der Waals surface area contributed by atoms with Crippen LogP contribution in [0.2, 0.25) is 0 Å². The number of hydrogen-bond donors (Lipinski definition) is 3. The van der Waals surface area contributed by atoms with E-state index < -0.39 is 7.12 Å². The monoisotopic (exact) mass is 377 g/mol. The lowest BCUT2D eigenvalue weighted by Crippen LogP contribution is -2.36. The van der Waals surface area contributed by atoms with Gasteiger partial charge in [0, 0.05) is 0 Å². The fourth-order valence-electron chi connectivity index (χ4n) is 3.55. The summed E-state index contributed by atoms with van der Waals surface area (Å²) in [5, 5.41) is 19.8. The van der Waals surface area contributed by atoms with Crippen molar-refractivity contribution in [2.24, 2.45) is 5.90 Å². The first-order valence-corrected chi connectivity index (χ1v) is 11.0. The summed E-state index contributed by atoms with van der Waals surface area (Å²) in [5.74, 6) is 5.01. The number of nitrogens with two attached hydrogens (primary N) is 1. The average Bonchev–Trinajstić information content (AvgIpc) is 2.68. The molecule has 0 aromatic heterocycles. The van der Waals surface area contributed by atoms with Crippen molar-refractivity contribution >= 4 is 12.6 Å². The second-order valence-corrected chi connectivity index (χ2v) is 7.77. The van der Waals surface area contributed by atoms with Crippen LogP contribution in [0.25, 0.3) is 0 Å². The lowest BCUT2D eigenvalue weighted by atomic mass is 9.79. The first-order chi connectivity index (χ1) is 13.2. The fraction of sp³-hybridized carbons (Fsp3) is 0.727. The smallest absolute Gasteiger partial charge is 0.422 e. The van der Waals surface area contributed by atoms with E-state index in [2.05, 4.69) is 11.7 Å². The molecule has 1 unspecified atom stereocenters. The Hall–Kier alpha value is -0.875. The third-order valence-corrected chi connectivity index (χ3v) is 5.23. The van der Waals surface area contributed by atoms with Crippen LogP contribution in [0.3, 0.4) is 0 Å². The quantitative estimate of drug-likeness (QED) is 0.215. The van der Waals surface area contributed by atoms with Crippen LogP contribution in [0.1, 0.15) is 96.0 Å². The van der Waals surface area contributed by atoms with Crippen LogP contribution >= 0.6 is 0 Å². The van der Waals surface area contributed by atoms with E-state index in [4.69, 9.17) is 5.90 Å². The number of aliphatic hydroxyl groups is 1. The van der Waals surface area contributed by atoms with Gasteiger partial charge >= 0.3 is 7.12 Å². The van der Waals surface area contributed by atoms with Gasteiger partial charge in [-0.2, -0.15) is 0 Å². The van der Waals surface area contributed by atoms with E-state index in [9.17, 15) is 10.1 Å². The first-order valence-electron chi connectivity index (χ1n) is 11.0. The maximum Gasteiger partial charge on any atom is 0.508 e.